The van der Waals surface area contributed by atoms with Crippen LogP contribution >= 0.6 is 23.2 Å². The highest BCUT2D eigenvalue weighted by atomic mass is 35.5. The Morgan fingerprint density at radius 2 is 1.58 bits per heavy atom. The first-order valence-electron chi connectivity index (χ1n) is 17.2. The second-order valence-corrected chi connectivity index (χ2v) is 13.9. The van der Waals surface area contributed by atoms with Crippen molar-refractivity contribution in [3.63, 3.8) is 0 Å². The zero-order chi connectivity index (χ0) is 37.2. The van der Waals surface area contributed by atoms with Gasteiger partial charge in [-0.2, -0.15) is 4.98 Å². The molecule has 3 aromatic carbocycles. The monoisotopic (exact) mass is 761 g/mol. The number of halogens is 2. The van der Waals surface area contributed by atoms with Crippen molar-refractivity contribution < 1.29 is 32.9 Å². The Hall–Kier alpha value is -4.91. The molecule has 2 atom stereocenters. The van der Waals surface area contributed by atoms with E-state index in [-0.39, 0.29) is 12.0 Å². The largest absolute Gasteiger partial charge is 0.497 e. The average Bonchev–Trinajstić information content (AvgIpc) is 3.62. The van der Waals surface area contributed by atoms with Crippen LogP contribution in [0.4, 0.5) is 11.7 Å². The Balaban J connectivity index is 1.19. The van der Waals surface area contributed by atoms with Gasteiger partial charge >= 0.3 is 0 Å². The average molecular weight is 763 g/mol. The number of benzene rings is 3. The molecule has 14 heteroatoms. The lowest BCUT2D eigenvalue weighted by Gasteiger charge is -2.40. The topological polar surface area (TPSA) is 112 Å². The molecule has 2 aromatic heterocycles. The first-order valence-corrected chi connectivity index (χ1v) is 18.0. The van der Waals surface area contributed by atoms with Crippen LogP contribution in [0.2, 0.25) is 10.0 Å². The lowest BCUT2D eigenvalue weighted by atomic mass is 9.99. The maximum Gasteiger partial charge on any atom is 0.299 e. The highest BCUT2D eigenvalue weighted by Crippen LogP contribution is 2.36. The SMILES string of the molecule is COc1ccc(CN(Cc2ccc(OC)cc2OC)c2nc3cncc(N4CC(C)OC(C(=O)N5CCc6cc(Cl)cc(Cl)c6C5)C4)c3o2)c(OC)c1. The number of methoxy groups -OCH3 is 4. The highest BCUT2D eigenvalue weighted by Gasteiger charge is 2.36. The first-order chi connectivity index (χ1) is 25.7. The van der Waals surface area contributed by atoms with Gasteiger partial charge in [0.15, 0.2) is 11.7 Å². The van der Waals surface area contributed by atoms with E-state index < -0.39 is 6.10 Å². The van der Waals surface area contributed by atoms with E-state index in [9.17, 15) is 4.79 Å². The number of rotatable bonds is 11. The van der Waals surface area contributed by atoms with Gasteiger partial charge in [-0.1, -0.05) is 23.2 Å². The molecule has 278 valence electrons. The summed E-state index contributed by atoms with van der Waals surface area (Å²) in [5, 5.41) is 1.16. The predicted molar refractivity (Wildman–Crippen MR) is 203 cm³/mol. The number of ether oxygens (including phenoxy) is 5. The number of fused-ring (bicyclic) bond motifs is 2. The maximum atomic E-state index is 14.0. The number of pyridine rings is 1. The molecule has 4 heterocycles. The lowest BCUT2D eigenvalue weighted by Crippen LogP contribution is -2.54. The van der Waals surface area contributed by atoms with Gasteiger partial charge < -0.3 is 42.8 Å². The quantitative estimate of drug-likeness (QED) is 0.139. The summed E-state index contributed by atoms with van der Waals surface area (Å²) in [5.41, 5.74) is 5.63. The Bertz CT molecular complexity index is 2070. The van der Waals surface area contributed by atoms with Crippen LogP contribution in [0.3, 0.4) is 0 Å². The number of anilines is 2. The van der Waals surface area contributed by atoms with Crippen LogP contribution in [0.15, 0.2) is 65.3 Å². The summed E-state index contributed by atoms with van der Waals surface area (Å²) in [4.78, 5) is 29.4. The molecule has 0 bridgehead atoms. The van der Waals surface area contributed by atoms with E-state index in [4.69, 9.17) is 56.3 Å². The number of hydrogen-bond donors (Lipinski definition) is 0. The Kier molecular flexibility index (Phi) is 10.7. The van der Waals surface area contributed by atoms with Crippen LogP contribution in [-0.4, -0.2) is 81.1 Å². The highest BCUT2D eigenvalue weighted by molar-refractivity contribution is 6.35. The van der Waals surface area contributed by atoms with Crippen LogP contribution in [0.1, 0.15) is 29.2 Å². The Labute approximate surface area is 318 Å². The van der Waals surface area contributed by atoms with Crippen LogP contribution in [0.5, 0.6) is 23.0 Å². The van der Waals surface area contributed by atoms with Gasteiger partial charge in [0, 0.05) is 52.9 Å². The second-order valence-electron chi connectivity index (χ2n) is 13.1. The first kappa shape index (κ1) is 36.4. The van der Waals surface area contributed by atoms with Crippen molar-refractivity contribution in [3.8, 4) is 23.0 Å². The molecule has 0 spiro atoms. The normalized spacial score (nSPS) is 17.0. The van der Waals surface area contributed by atoms with E-state index in [1.54, 1.807) is 46.9 Å². The minimum Gasteiger partial charge on any atom is -0.497 e. The van der Waals surface area contributed by atoms with Gasteiger partial charge in [-0.15, -0.1) is 0 Å². The third-order valence-electron chi connectivity index (χ3n) is 9.69. The summed E-state index contributed by atoms with van der Waals surface area (Å²) >= 11 is 12.8. The van der Waals surface area contributed by atoms with E-state index in [0.29, 0.717) is 95.8 Å². The number of carbonyl (C=O) groups excluding carboxylic acids is 1. The summed E-state index contributed by atoms with van der Waals surface area (Å²) < 4.78 is 35.3. The molecule has 0 radical (unpaired) electrons. The Morgan fingerprint density at radius 3 is 2.23 bits per heavy atom. The van der Waals surface area contributed by atoms with Crippen molar-refractivity contribution >= 4 is 51.9 Å². The number of aromatic nitrogens is 2. The molecule has 7 rings (SSSR count). The molecule has 2 unspecified atom stereocenters. The van der Waals surface area contributed by atoms with E-state index in [2.05, 4.69) is 9.88 Å². The molecule has 12 nitrogen and oxygen atoms in total. The third-order valence-corrected chi connectivity index (χ3v) is 10.2. The minimum atomic E-state index is -0.703. The zero-order valence-electron chi connectivity index (χ0n) is 30.2. The van der Waals surface area contributed by atoms with Crippen molar-refractivity contribution in [3.05, 3.63) is 93.2 Å². The van der Waals surface area contributed by atoms with Crippen LogP contribution in [0.25, 0.3) is 11.1 Å². The van der Waals surface area contributed by atoms with Gasteiger partial charge in [0.05, 0.1) is 66.6 Å². The lowest BCUT2D eigenvalue weighted by molar-refractivity contribution is -0.149. The summed E-state index contributed by atoms with van der Waals surface area (Å²) in [5.74, 6) is 2.60. The van der Waals surface area contributed by atoms with Gasteiger partial charge in [0.1, 0.15) is 34.2 Å². The van der Waals surface area contributed by atoms with Gasteiger partial charge in [-0.25, -0.2) is 0 Å². The molecule has 2 aliphatic heterocycles. The summed E-state index contributed by atoms with van der Waals surface area (Å²) in [6.07, 6.45) is 3.15. The number of nitrogens with zero attached hydrogens (tertiary/aromatic N) is 5. The van der Waals surface area contributed by atoms with Gasteiger partial charge in [-0.05, 0) is 60.9 Å². The standard InChI is InChI=1S/C39H41Cl2N5O7/c1-23-18-45(22-36(52-23)38(47)44-11-10-24-12-27(40)13-31(41)30(24)21-44)33-17-42-16-32-37(33)53-39(43-32)46(19-25-6-8-28(48-2)14-34(25)50-4)20-26-7-9-29(49-3)15-35(26)51-5/h6-9,12-17,23,36H,10-11,18-22H2,1-5H3. The fraction of sp³-hybridized carbons (Fsp3) is 0.359. The van der Waals surface area contributed by atoms with E-state index in [1.165, 1.54) is 0 Å². The van der Waals surface area contributed by atoms with E-state index >= 15 is 0 Å². The summed E-state index contributed by atoms with van der Waals surface area (Å²) in [7, 11) is 6.49. The van der Waals surface area contributed by atoms with Crippen molar-refractivity contribution in [2.75, 3.05) is 57.9 Å². The summed E-state index contributed by atoms with van der Waals surface area (Å²) in [6.45, 7) is 4.53. The van der Waals surface area contributed by atoms with Crippen LogP contribution < -0.4 is 28.7 Å². The van der Waals surface area contributed by atoms with Crippen LogP contribution in [0, 0.1) is 0 Å². The molecule has 2 aliphatic rings. The Morgan fingerprint density at radius 1 is 0.906 bits per heavy atom. The van der Waals surface area contributed by atoms with Gasteiger partial charge in [-0.3, -0.25) is 9.78 Å². The second kappa shape index (κ2) is 15.6. The number of amides is 1. The smallest absolute Gasteiger partial charge is 0.299 e. The fourth-order valence-electron chi connectivity index (χ4n) is 7.01. The number of morpholine rings is 1. The molecule has 0 saturated carbocycles. The maximum absolute atomic E-state index is 14.0. The van der Waals surface area contributed by atoms with Gasteiger partial charge in [0.25, 0.3) is 11.9 Å². The molecule has 0 N–H and O–H groups in total. The van der Waals surface area contributed by atoms with E-state index in [1.807, 2.05) is 59.2 Å². The zero-order valence-corrected chi connectivity index (χ0v) is 31.7. The molecule has 1 saturated heterocycles. The number of carbonyl (C=O) groups is 1. The molecule has 53 heavy (non-hydrogen) atoms. The predicted octanol–water partition coefficient (Wildman–Crippen LogP) is 6.95. The van der Waals surface area contributed by atoms with Gasteiger partial charge in [0.2, 0.25) is 0 Å². The summed E-state index contributed by atoms with van der Waals surface area (Å²) in [6, 6.07) is 15.4. The fourth-order valence-corrected chi connectivity index (χ4v) is 7.61. The minimum absolute atomic E-state index is 0.0929. The molecular formula is C39H41Cl2N5O7. The third kappa shape index (κ3) is 7.62. The van der Waals surface area contributed by atoms with Crippen molar-refractivity contribution in [2.45, 2.75) is 45.2 Å². The molecular weight excluding hydrogens is 721 g/mol. The van der Waals surface area contributed by atoms with Crippen molar-refractivity contribution in [1.29, 1.82) is 0 Å². The molecule has 5 aromatic rings. The van der Waals surface area contributed by atoms with Crippen molar-refractivity contribution in [2.24, 2.45) is 0 Å². The van der Waals surface area contributed by atoms with E-state index in [0.717, 1.165) is 27.9 Å². The molecule has 1 fully saturated rings. The van der Waals surface area contributed by atoms with Crippen LogP contribution in [-0.2, 0) is 35.6 Å². The molecule has 0 aliphatic carbocycles. The number of oxazole rings is 1. The number of hydrogen-bond acceptors (Lipinski definition) is 11. The molecule has 1 amide bonds. The van der Waals surface area contributed by atoms with Crippen molar-refractivity contribution in [1.82, 2.24) is 14.9 Å².